The lowest BCUT2D eigenvalue weighted by Crippen LogP contribution is -2.40. The highest BCUT2D eigenvalue weighted by atomic mass is 16.5. The minimum atomic E-state index is 0.530. The number of rotatable bonds is 10. The quantitative estimate of drug-likeness (QED) is 0.492. The van der Waals surface area contributed by atoms with Crippen LogP contribution in [0.1, 0.15) is 25.3 Å². The van der Waals surface area contributed by atoms with Crippen molar-refractivity contribution in [3.63, 3.8) is 0 Å². The number of hydrogen-bond acceptors (Lipinski definition) is 4. The predicted molar refractivity (Wildman–Crippen MR) is 107 cm³/mol. The van der Waals surface area contributed by atoms with Crippen LogP contribution >= 0.6 is 0 Å². The summed E-state index contributed by atoms with van der Waals surface area (Å²) in [6.45, 7) is 7.61. The van der Waals surface area contributed by atoms with E-state index in [0.29, 0.717) is 6.04 Å². The van der Waals surface area contributed by atoms with Gasteiger partial charge in [0.1, 0.15) is 5.75 Å². The molecule has 0 aromatic heterocycles. The zero-order chi connectivity index (χ0) is 18.6. The van der Waals surface area contributed by atoms with Gasteiger partial charge in [-0.2, -0.15) is 0 Å². The van der Waals surface area contributed by atoms with Gasteiger partial charge < -0.3 is 20.1 Å². The van der Waals surface area contributed by atoms with Gasteiger partial charge in [-0.1, -0.05) is 12.1 Å². The summed E-state index contributed by atoms with van der Waals surface area (Å²) in [4.78, 5) is 7.30. The van der Waals surface area contributed by atoms with Crippen molar-refractivity contribution in [2.45, 2.75) is 32.2 Å². The molecule has 0 aliphatic carbocycles. The van der Waals surface area contributed by atoms with E-state index < -0.39 is 0 Å². The summed E-state index contributed by atoms with van der Waals surface area (Å²) in [5.41, 5.74) is 1.29. The van der Waals surface area contributed by atoms with Crippen LogP contribution in [0.25, 0.3) is 0 Å². The molecule has 0 amide bonds. The zero-order valence-electron chi connectivity index (χ0n) is 16.5. The van der Waals surface area contributed by atoms with E-state index in [0.717, 1.165) is 57.5 Å². The summed E-state index contributed by atoms with van der Waals surface area (Å²) in [5.74, 6) is 1.80. The fraction of sp³-hybridized carbons (Fsp3) is 0.650. The fourth-order valence-electron chi connectivity index (χ4n) is 3.26. The van der Waals surface area contributed by atoms with Crippen LogP contribution in [0.2, 0.25) is 0 Å². The van der Waals surface area contributed by atoms with Crippen molar-refractivity contribution in [1.29, 1.82) is 0 Å². The lowest BCUT2D eigenvalue weighted by atomic mass is 10.1. The Bertz CT molecular complexity index is 533. The van der Waals surface area contributed by atoms with E-state index in [2.05, 4.69) is 34.6 Å². The van der Waals surface area contributed by atoms with Gasteiger partial charge in [-0.05, 0) is 50.4 Å². The smallest absolute Gasteiger partial charge is 0.191 e. The lowest BCUT2D eigenvalue weighted by Gasteiger charge is -2.23. The highest BCUT2D eigenvalue weighted by Crippen LogP contribution is 2.16. The first kappa shape index (κ1) is 20.5. The van der Waals surface area contributed by atoms with Crippen LogP contribution in [0.15, 0.2) is 29.3 Å². The van der Waals surface area contributed by atoms with Crippen LogP contribution < -0.4 is 15.4 Å². The van der Waals surface area contributed by atoms with Gasteiger partial charge in [0.25, 0.3) is 0 Å². The van der Waals surface area contributed by atoms with E-state index in [1.165, 1.54) is 18.4 Å². The molecule has 1 atom stereocenters. The van der Waals surface area contributed by atoms with Crippen LogP contribution in [0, 0.1) is 0 Å². The van der Waals surface area contributed by atoms with Gasteiger partial charge in [0.2, 0.25) is 0 Å². The largest absolute Gasteiger partial charge is 0.497 e. The van der Waals surface area contributed by atoms with E-state index in [-0.39, 0.29) is 0 Å². The molecule has 0 saturated carbocycles. The Morgan fingerprint density at radius 2 is 2.04 bits per heavy atom. The van der Waals surface area contributed by atoms with E-state index in [9.17, 15) is 0 Å². The molecule has 2 N–H and O–H groups in total. The van der Waals surface area contributed by atoms with Gasteiger partial charge in [0, 0.05) is 32.8 Å². The van der Waals surface area contributed by atoms with Crippen molar-refractivity contribution >= 4 is 5.96 Å². The molecule has 1 fully saturated rings. The van der Waals surface area contributed by atoms with Crippen LogP contribution in [0.5, 0.6) is 5.75 Å². The maximum atomic E-state index is 5.22. The number of hydrogen-bond donors (Lipinski definition) is 2. The summed E-state index contributed by atoms with van der Waals surface area (Å²) in [7, 11) is 3.45. The molecule has 1 aromatic carbocycles. The Labute approximate surface area is 158 Å². The van der Waals surface area contributed by atoms with Gasteiger partial charge in [0.05, 0.1) is 20.3 Å². The molecule has 6 heteroatoms. The third kappa shape index (κ3) is 6.84. The summed E-state index contributed by atoms with van der Waals surface area (Å²) in [5, 5.41) is 6.79. The first-order valence-electron chi connectivity index (χ1n) is 9.65. The molecule has 0 bridgehead atoms. The molecule has 1 saturated heterocycles. The molecule has 0 spiro atoms. The monoisotopic (exact) mass is 362 g/mol. The molecule has 26 heavy (non-hydrogen) atoms. The topological polar surface area (TPSA) is 58.1 Å². The van der Waals surface area contributed by atoms with E-state index in [1.54, 1.807) is 14.2 Å². The molecule has 1 aromatic rings. The maximum absolute atomic E-state index is 5.22. The second-order valence-electron chi connectivity index (χ2n) is 6.57. The first-order valence-corrected chi connectivity index (χ1v) is 9.65. The van der Waals surface area contributed by atoms with Crippen molar-refractivity contribution in [3.05, 3.63) is 29.8 Å². The highest BCUT2D eigenvalue weighted by molar-refractivity contribution is 5.79. The molecule has 1 aliphatic heterocycles. The second kappa shape index (κ2) is 11.8. The third-order valence-corrected chi connectivity index (χ3v) is 4.75. The Morgan fingerprint density at radius 1 is 1.23 bits per heavy atom. The van der Waals surface area contributed by atoms with E-state index in [4.69, 9.17) is 14.5 Å². The summed E-state index contributed by atoms with van der Waals surface area (Å²) in [6.07, 6.45) is 3.43. The molecule has 2 rings (SSSR count). The number of ether oxygens (including phenoxy) is 2. The van der Waals surface area contributed by atoms with Crippen LogP contribution in [0.4, 0.5) is 0 Å². The zero-order valence-corrected chi connectivity index (χ0v) is 16.5. The van der Waals surface area contributed by atoms with Gasteiger partial charge in [-0.25, -0.2) is 0 Å². The maximum Gasteiger partial charge on any atom is 0.191 e. The summed E-state index contributed by atoms with van der Waals surface area (Å²) in [6, 6.07) is 8.75. The minimum absolute atomic E-state index is 0.530. The van der Waals surface area contributed by atoms with E-state index in [1.807, 2.05) is 12.1 Å². The van der Waals surface area contributed by atoms with Crippen LogP contribution in [0.3, 0.4) is 0 Å². The number of methoxy groups -OCH3 is 2. The molecule has 0 radical (unpaired) electrons. The van der Waals surface area contributed by atoms with Gasteiger partial charge >= 0.3 is 0 Å². The van der Waals surface area contributed by atoms with E-state index >= 15 is 0 Å². The van der Waals surface area contributed by atoms with Gasteiger partial charge in [-0.3, -0.25) is 9.89 Å². The Morgan fingerprint density at radius 3 is 2.73 bits per heavy atom. The SMILES string of the molecule is CCNC(=NCC1CCCN1CCOC)NCCc1ccc(OC)cc1. The molecule has 1 unspecified atom stereocenters. The standard InChI is InChI=1S/C20H34N4O2/c1-4-21-20(22-12-11-17-7-9-19(26-3)10-8-17)23-16-18-6-5-13-24(18)14-15-25-2/h7-10,18H,4-6,11-16H2,1-3H3,(H2,21,22,23). The Hall–Kier alpha value is -1.79. The third-order valence-electron chi connectivity index (χ3n) is 4.75. The Balaban J connectivity index is 1.79. The van der Waals surface area contributed by atoms with Crippen molar-refractivity contribution in [2.75, 3.05) is 53.6 Å². The number of nitrogens with one attached hydrogen (secondary N) is 2. The molecule has 1 heterocycles. The number of nitrogens with zero attached hydrogens (tertiary/aromatic N) is 2. The van der Waals surface area contributed by atoms with Crippen LogP contribution in [-0.4, -0.2) is 70.5 Å². The number of likely N-dealkylation sites (tertiary alicyclic amines) is 1. The highest BCUT2D eigenvalue weighted by Gasteiger charge is 2.23. The van der Waals surface area contributed by atoms with Crippen LogP contribution in [-0.2, 0) is 11.2 Å². The normalized spacial score (nSPS) is 18.1. The van der Waals surface area contributed by atoms with Gasteiger partial charge in [0.15, 0.2) is 5.96 Å². The van der Waals surface area contributed by atoms with Crippen molar-refractivity contribution in [2.24, 2.45) is 4.99 Å². The lowest BCUT2D eigenvalue weighted by molar-refractivity contribution is 0.142. The van der Waals surface area contributed by atoms with Crippen molar-refractivity contribution < 1.29 is 9.47 Å². The van der Waals surface area contributed by atoms with Crippen molar-refractivity contribution in [1.82, 2.24) is 15.5 Å². The molecule has 1 aliphatic rings. The average molecular weight is 363 g/mol. The molecule has 146 valence electrons. The van der Waals surface area contributed by atoms with Crippen molar-refractivity contribution in [3.8, 4) is 5.75 Å². The molecule has 6 nitrogen and oxygen atoms in total. The Kier molecular flexibility index (Phi) is 9.28. The fourth-order valence-corrected chi connectivity index (χ4v) is 3.26. The first-order chi connectivity index (χ1) is 12.8. The number of benzene rings is 1. The molecular weight excluding hydrogens is 328 g/mol. The second-order valence-corrected chi connectivity index (χ2v) is 6.57. The number of guanidine groups is 1. The summed E-state index contributed by atoms with van der Waals surface area (Å²) >= 11 is 0. The predicted octanol–water partition coefficient (Wildman–Crippen LogP) is 1.90. The average Bonchev–Trinajstić information content (AvgIpc) is 3.12. The molecular formula is C20H34N4O2. The van der Waals surface area contributed by atoms with Gasteiger partial charge in [-0.15, -0.1) is 0 Å². The minimum Gasteiger partial charge on any atom is -0.497 e. The number of aliphatic imine (C=N–C) groups is 1. The summed E-state index contributed by atoms with van der Waals surface area (Å²) < 4.78 is 10.4.